The van der Waals surface area contributed by atoms with Crippen molar-refractivity contribution in [3.63, 3.8) is 0 Å². The number of nitrogens with one attached hydrogen (secondary N) is 1. The summed E-state index contributed by atoms with van der Waals surface area (Å²) < 4.78 is 44.6. The number of hydrogen-bond acceptors (Lipinski definition) is 3. The van der Waals surface area contributed by atoms with Gasteiger partial charge in [0.1, 0.15) is 0 Å². The normalized spacial score (nSPS) is 14.7. The molecule has 1 rings (SSSR count). The number of hydrazine groups is 1. The van der Waals surface area contributed by atoms with Gasteiger partial charge in [0.25, 0.3) is 0 Å². The summed E-state index contributed by atoms with van der Waals surface area (Å²) in [6, 6.07) is 1.28. The maximum Gasteiger partial charge on any atom is 0.194 e. The van der Waals surface area contributed by atoms with E-state index in [1.165, 1.54) is 7.11 Å². The van der Waals surface area contributed by atoms with Gasteiger partial charge in [-0.3, -0.25) is 11.3 Å². The lowest BCUT2D eigenvalue weighted by atomic mass is 9.99. The van der Waals surface area contributed by atoms with E-state index in [0.717, 1.165) is 12.1 Å². The van der Waals surface area contributed by atoms with Crippen molar-refractivity contribution >= 4 is 0 Å². The van der Waals surface area contributed by atoms with Gasteiger partial charge in [0, 0.05) is 12.7 Å². The second kappa shape index (κ2) is 6.00. The standard InChI is InChI=1S/C11H15F3N2O/c1-3-8(17-2)11(16-15)6-4-5-7(12)10(14)9(6)13/h4-5,8,11,16H,3,15H2,1-2H3. The molecule has 2 unspecified atom stereocenters. The van der Waals surface area contributed by atoms with Crippen LogP contribution < -0.4 is 11.3 Å². The van der Waals surface area contributed by atoms with E-state index in [2.05, 4.69) is 5.43 Å². The van der Waals surface area contributed by atoms with E-state index in [0.29, 0.717) is 6.42 Å². The molecule has 0 spiro atoms. The van der Waals surface area contributed by atoms with Crippen LogP contribution in [0.25, 0.3) is 0 Å². The third kappa shape index (κ3) is 2.77. The first kappa shape index (κ1) is 14.0. The summed E-state index contributed by atoms with van der Waals surface area (Å²) in [7, 11) is 1.44. The smallest absolute Gasteiger partial charge is 0.194 e. The Morgan fingerprint density at radius 2 is 1.94 bits per heavy atom. The fourth-order valence-electron chi connectivity index (χ4n) is 1.72. The molecule has 3 N–H and O–H groups in total. The van der Waals surface area contributed by atoms with Crippen molar-refractivity contribution < 1.29 is 17.9 Å². The summed E-state index contributed by atoms with van der Waals surface area (Å²) in [4.78, 5) is 0. The highest BCUT2D eigenvalue weighted by Crippen LogP contribution is 2.25. The average Bonchev–Trinajstić information content (AvgIpc) is 2.34. The molecule has 17 heavy (non-hydrogen) atoms. The molecule has 0 radical (unpaired) electrons. The summed E-state index contributed by atoms with van der Waals surface area (Å²) in [5.41, 5.74) is 2.30. The maximum absolute atomic E-state index is 13.6. The fraction of sp³-hybridized carbons (Fsp3) is 0.455. The predicted octanol–water partition coefficient (Wildman–Crippen LogP) is 2.03. The molecular formula is C11H15F3N2O. The minimum Gasteiger partial charge on any atom is -0.379 e. The second-order valence-corrected chi connectivity index (χ2v) is 3.59. The zero-order chi connectivity index (χ0) is 13.0. The number of halogens is 3. The van der Waals surface area contributed by atoms with E-state index in [4.69, 9.17) is 10.6 Å². The minimum absolute atomic E-state index is 0.0555. The summed E-state index contributed by atoms with van der Waals surface area (Å²) in [6.07, 6.45) is 0.114. The van der Waals surface area contributed by atoms with E-state index < -0.39 is 29.6 Å². The second-order valence-electron chi connectivity index (χ2n) is 3.59. The van der Waals surface area contributed by atoms with Crippen LogP contribution in [0.3, 0.4) is 0 Å². The molecule has 1 aromatic rings. The summed E-state index contributed by atoms with van der Waals surface area (Å²) in [5.74, 6) is 1.32. The maximum atomic E-state index is 13.6. The number of methoxy groups -OCH3 is 1. The van der Waals surface area contributed by atoms with E-state index in [-0.39, 0.29) is 5.56 Å². The Balaban J connectivity index is 3.16. The first-order valence-electron chi connectivity index (χ1n) is 5.19. The van der Waals surface area contributed by atoms with Crippen LogP contribution in [0.4, 0.5) is 13.2 Å². The molecule has 0 saturated heterocycles. The molecule has 0 fully saturated rings. The zero-order valence-electron chi connectivity index (χ0n) is 9.64. The van der Waals surface area contributed by atoms with Gasteiger partial charge in [-0.05, 0) is 12.5 Å². The molecule has 0 aliphatic carbocycles. The lowest BCUT2D eigenvalue weighted by Crippen LogP contribution is -2.38. The molecule has 0 aliphatic rings. The summed E-state index contributed by atoms with van der Waals surface area (Å²) in [5, 5.41) is 0. The first-order valence-corrected chi connectivity index (χ1v) is 5.19. The number of rotatable bonds is 5. The van der Waals surface area contributed by atoms with Crippen LogP contribution in [0.1, 0.15) is 24.9 Å². The van der Waals surface area contributed by atoms with Crippen molar-refractivity contribution in [2.24, 2.45) is 5.84 Å². The lowest BCUT2D eigenvalue weighted by Gasteiger charge is -2.25. The Kier molecular flexibility index (Phi) is 4.92. The highest BCUT2D eigenvalue weighted by atomic mass is 19.2. The van der Waals surface area contributed by atoms with E-state index >= 15 is 0 Å². The van der Waals surface area contributed by atoms with Crippen molar-refractivity contribution in [3.8, 4) is 0 Å². The molecule has 0 saturated carbocycles. The Labute approximate surface area is 97.7 Å². The Morgan fingerprint density at radius 3 is 2.41 bits per heavy atom. The van der Waals surface area contributed by atoms with Gasteiger partial charge in [-0.2, -0.15) is 0 Å². The molecule has 2 atom stereocenters. The van der Waals surface area contributed by atoms with Crippen LogP contribution in [0.5, 0.6) is 0 Å². The van der Waals surface area contributed by atoms with Crippen LogP contribution in [0.2, 0.25) is 0 Å². The quantitative estimate of drug-likeness (QED) is 0.476. The number of nitrogens with two attached hydrogens (primary N) is 1. The van der Waals surface area contributed by atoms with Crippen molar-refractivity contribution in [2.75, 3.05) is 7.11 Å². The van der Waals surface area contributed by atoms with Crippen molar-refractivity contribution in [3.05, 3.63) is 35.1 Å². The molecular weight excluding hydrogens is 233 g/mol. The fourth-order valence-corrected chi connectivity index (χ4v) is 1.72. The third-order valence-electron chi connectivity index (χ3n) is 2.66. The molecule has 1 aromatic carbocycles. The average molecular weight is 248 g/mol. The van der Waals surface area contributed by atoms with Crippen LogP contribution in [-0.4, -0.2) is 13.2 Å². The lowest BCUT2D eigenvalue weighted by molar-refractivity contribution is 0.0636. The molecule has 0 amide bonds. The number of hydrogen-bond donors (Lipinski definition) is 2. The van der Waals surface area contributed by atoms with Crippen LogP contribution in [0, 0.1) is 17.5 Å². The SMILES string of the molecule is CCC(OC)C(NN)c1ccc(F)c(F)c1F. The molecule has 96 valence electrons. The van der Waals surface area contributed by atoms with E-state index in [1.807, 2.05) is 6.92 Å². The van der Waals surface area contributed by atoms with Crippen molar-refractivity contribution in [1.82, 2.24) is 5.43 Å². The Hall–Kier alpha value is -1.11. The van der Waals surface area contributed by atoms with Gasteiger partial charge in [0.05, 0.1) is 12.1 Å². The van der Waals surface area contributed by atoms with Gasteiger partial charge >= 0.3 is 0 Å². The van der Waals surface area contributed by atoms with Gasteiger partial charge in [-0.15, -0.1) is 0 Å². The molecule has 0 aliphatic heterocycles. The number of ether oxygens (including phenoxy) is 1. The van der Waals surface area contributed by atoms with Gasteiger partial charge in [-0.25, -0.2) is 13.2 Å². The van der Waals surface area contributed by atoms with Gasteiger partial charge in [0.15, 0.2) is 17.5 Å². The number of benzene rings is 1. The van der Waals surface area contributed by atoms with Gasteiger partial charge in [0.2, 0.25) is 0 Å². The molecule has 0 aromatic heterocycles. The van der Waals surface area contributed by atoms with Gasteiger partial charge in [-0.1, -0.05) is 13.0 Å². The van der Waals surface area contributed by atoms with Crippen LogP contribution >= 0.6 is 0 Å². The third-order valence-corrected chi connectivity index (χ3v) is 2.66. The largest absolute Gasteiger partial charge is 0.379 e. The molecule has 0 heterocycles. The highest BCUT2D eigenvalue weighted by molar-refractivity contribution is 5.24. The van der Waals surface area contributed by atoms with E-state index in [1.54, 1.807) is 0 Å². The predicted molar refractivity (Wildman–Crippen MR) is 57.5 cm³/mol. The van der Waals surface area contributed by atoms with Crippen LogP contribution in [0.15, 0.2) is 12.1 Å². The first-order chi connectivity index (χ1) is 8.06. The molecule has 3 nitrogen and oxygen atoms in total. The molecule has 0 bridgehead atoms. The topological polar surface area (TPSA) is 47.3 Å². The van der Waals surface area contributed by atoms with Crippen LogP contribution in [-0.2, 0) is 4.74 Å². The van der Waals surface area contributed by atoms with Crippen molar-refractivity contribution in [2.45, 2.75) is 25.5 Å². The highest BCUT2D eigenvalue weighted by Gasteiger charge is 2.26. The summed E-state index contributed by atoms with van der Waals surface area (Å²) in [6.45, 7) is 1.82. The van der Waals surface area contributed by atoms with Crippen molar-refractivity contribution in [1.29, 1.82) is 0 Å². The minimum atomic E-state index is -1.51. The van der Waals surface area contributed by atoms with Gasteiger partial charge < -0.3 is 4.74 Å². The van der Waals surface area contributed by atoms with E-state index in [9.17, 15) is 13.2 Å². The Morgan fingerprint density at radius 1 is 1.29 bits per heavy atom. The monoisotopic (exact) mass is 248 g/mol. The Bertz CT molecular complexity index is 383. The molecule has 6 heteroatoms. The zero-order valence-corrected chi connectivity index (χ0v) is 9.64. The summed E-state index contributed by atoms with van der Waals surface area (Å²) >= 11 is 0.